The molecular weight excluding hydrogens is 276 g/mol. The summed E-state index contributed by atoms with van der Waals surface area (Å²) in [5, 5.41) is 12.4. The molecule has 0 spiro atoms. The zero-order chi connectivity index (χ0) is 16.0. The number of pyridine rings is 1. The van der Waals surface area contributed by atoms with Crippen LogP contribution in [0.4, 0.5) is 5.69 Å². The van der Waals surface area contributed by atoms with Crippen LogP contribution in [0, 0.1) is 0 Å². The number of hydrogen-bond donors (Lipinski definition) is 2. The Morgan fingerprint density at radius 3 is 2.67 bits per heavy atom. The number of nitrogens with zero attached hydrogens (tertiary/aromatic N) is 1. The van der Waals surface area contributed by atoms with Gasteiger partial charge in [-0.3, -0.25) is 9.78 Å². The Labute approximate surface area is 123 Å². The molecule has 0 amide bonds. The molecule has 116 valence electrons. The minimum Gasteiger partial charge on any atom is -0.460 e. The molecule has 1 aromatic heterocycles. The minimum absolute atomic E-state index is 0.0932. The summed E-state index contributed by atoms with van der Waals surface area (Å²) >= 11 is 0. The Morgan fingerprint density at radius 1 is 1.43 bits per heavy atom. The van der Waals surface area contributed by atoms with Crippen LogP contribution in [0.3, 0.4) is 0 Å². The molecular formula is C14H20N2O5. The molecule has 0 aliphatic rings. The summed E-state index contributed by atoms with van der Waals surface area (Å²) in [5.41, 5.74) is -0.528. The fourth-order valence-electron chi connectivity index (χ4n) is 1.49. The molecule has 1 atom stereocenters. The van der Waals surface area contributed by atoms with E-state index in [2.05, 4.69) is 15.0 Å². The number of carbonyl (C=O) groups is 2. The molecule has 0 saturated heterocycles. The van der Waals surface area contributed by atoms with Gasteiger partial charge >= 0.3 is 5.97 Å². The van der Waals surface area contributed by atoms with Crippen LogP contribution in [0.1, 0.15) is 38.2 Å². The third kappa shape index (κ3) is 5.49. The van der Waals surface area contributed by atoms with Crippen molar-refractivity contribution >= 4 is 17.4 Å². The molecule has 2 N–H and O–H groups in total. The highest BCUT2D eigenvalue weighted by atomic mass is 16.6. The van der Waals surface area contributed by atoms with Crippen molar-refractivity contribution in [3.05, 3.63) is 24.0 Å². The first-order valence-corrected chi connectivity index (χ1v) is 6.53. The van der Waals surface area contributed by atoms with E-state index in [0.717, 1.165) is 0 Å². The maximum atomic E-state index is 11.9. The number of rotatable bonds is 6. The van der Waals surface area contributed by atoms with Crippen molar-refractivity contribution in [1.29, 1.82) is 0 Å². The fourth-order valence-corrected chi connectivity index (χ4v) is 1.49. The van der Waals surface area contributed by atoms with Gasteiger partial charge in [0.25, 0.3) is 5.78 Å². The van der Waals surface area contributed by atoms with E-state index in [0.29, 0.717) is 0 Å². The normalized spacial score (nSPS) is 12.6. The molecule has 0 bridgehead atoms. The van der Waals surface area contributed by atoms with Gasteiger partial charge in [-0.2, -0.15) is 0 Å². The van der Waals surface area contributed by atoms with E-state index >= 15 is 0 Å². The number of nitrogens with one attached hydrogen (secondary N) is 1. The summed E-state index contributed by atoms with van der Waals surface area (Å²) in [6.45, 7) is 7.00. The Bertz CT molecular complexity index is 510. The summed E-state index contributed by atoms with van der Waals surface area (Å²) in [6.07, 6.45) is 0.0252. The molecule has 0 aliphatic carbocycles. The lowest BCUT2D eigenvalue weighted by molar-refractivity contribution is -0.148. The number of hydrogen-bond acceptors (Lipinski definition) is 7. The van der Waals surface area contributed by atoms with Crippen molar-refractivity contribution < 1.29 is 24.2 Å². The van der Waals surface area contributed by atoms with E-state index in [1.807, 2.05) is 0 Å². The quantitative estimate of drug-likeness (QED) is 0.354. The number of carbonyl (C=O) groups excluding carboxylic acids is 2. The van der Waals surface area contributed by atoms with Crippen LogP contribution in [0.2, 0.25) is 0 Å². The lowest BCUT2D eigenvalue weighted by atomic mass is 10.2. The number of aromatic nitrogens is 1. The van der Waals surface area contributed by atoms with Gasteiger partial charge in [0.15, 0.2) is 0 Å². The summed E-state index contributed by atoms with van der Waals surface area (Å²) < 4.78 is 9.92. The Kier molecular flexibility index (Phi) is 5.80. The number of aliphatic hydroxyl groups is 1. The molecule has 0 saturated carbocycles. The van der Waals surface area contributed by atoms with Crippen LogP contribution in [0.25, 0.3) is 0 Å². The molecule has 7 heteroatoms. The van der Waals surface area contributed by atoms with Gasteiger partial charge in [-0.25, -0.2) is 4.79 Å². The van der Waals surface area contributed by atoms with Crippen molar-refractivity contribution in [3.63, 3.8) is 0 Å². The van der Waals surface area contributed by atoms with Gasteiger partial charge < -0.3 is 19.9 Å². The molecule has 21 heavy (non-hydrogen) atoms. The summed E-state index contributed by atoms with van der Waals surface area (Å²) in [4.78, 5) is 27.3. The molecule has 1 unspecified atom stereocenters. The van der Waals surface area contributed by atoms with E-state index in [1.54, 1.807) is 33.8 Å². The zero-order valence-corrected chi connectivity index (χ0v) is 12.5. The Balaban J connectivity index is 2.89. The number of aliphatic hydroxyl groups excluding tert-OH is 1. The molecule has 0 fully saturated rings. The molecule has 0 radical (unpaired) electrons. The topological polar surface area (TPSA) is 97.8 Å². The zero-order valence-electron chi connectivity index (χ0n) is 12.5. The maximum absolute atomic E-state index is 11.9. The van der Waals surface area contributed by atoms with E-state index in [9.17, 15) is 14.7 Å². The predicted molar refractivity (Wildman–Crippen MR) is 75.7 cm³/mol. The Hall–Kier alpha value is -1.99. The van der Waals surface area contributed by atoms with Crippen molar-refractivity contribution in [2.45, 2.75) is 39.7 Å². The van der Waals surface area contributed by atoms with E-state index in [-0.39, 0.29) is 18.0 Å². The van der Waals surface area contributed by atoms with E-state index in [4.69, 9.17) is 4.74 Å². The first kappa shape index (κ1) is 17.1. The van der Waals surface area contributed by atoms with E-state index in [1.165, 1.54) is 12.3 Å². The van der Waals surface area contributed by atoms with Crippen LogP contribution in [-0.4, -0.2) is 40.5 Å². The van der Waals surface area contributed by atoms with Gasteiger partial charge in [0.1, 0.15) is 5.69 Å². The second-order valence-corrected chi connectivity index (χ2v) is 5.18. The highest BCUT2D eigenvalue weighted by molar-refractivity contribution is 6.41. The van der Waals surface area contributed by atoms with Crippen LogP contribution in [-0.2, 0) is 14.3 Å². The van der Waals surface area contributed by atoms with Gasteiger partial charge in [0.2, 0.25) is 6.41 Å². The lowest BCUT2D eigenvalue weighted by Crippen LogP contribution is -2.33. The SMILES string of the molecule is CCOC(=O)C(=O)c1ncccc1NC(O)OC(C)(C)C. The first-order chi connectivity index (χ1) is 9.74. The number of ether oxygens (including phenoxy) is 2. The van der Waals surface area contributed by atoms with Crippen LogP contribution in [0.5, 0.6) is 0 Å². The molecule has 1 rings (SSSR count). The summed E-state index contributed by atoms with van der Waals surface area (Å²) in [5.74, 6) is -1.88. The highest BCUT2D eigenvalue weighted by Gasteiger charge is 2.24. The van der Waals surface area contributed by atoms with Crippen LogP contribution >= 0.6 is 0 Å². The maximum Gasteiger partial charge on any atom is 0.381 e. The van der Waals surface area contributed by atoms with Crippen molar-refractivity contribution in [2.75, 3.05) is 11.9 Å². The lowest BCUT2D eigenvalue weighted by Gasteiger charge is -2.25. The average molecular weight is 296 g/mol. The summed E-state index contributed by atoms with van der Waals surface area (Å²) in [7, 11) is 0. The fraction of sp³-hybridized carbons (Fsp3) is 0.500. The largest absolute Gasteiger partial charge is 0.460 e. The predicted octanol–water partition coefficient (Wildman–Crippen LogP) is 1.33. The summed E-state index contributed by atoms with van der Waals surface area (Å²) in [6, 6.07) is 3.07. The van der Waals surface area contributed by atoms with Gasteiger partial charge in [0, 0.05) is 6.20 Å². The smallest absolute Gasteiger partial charge is 0.381 e. The van der Waals surface area contributed by atoms with Gasteiger partial charge in [-0.05, 0) is 39.8 Å². The molecule has 1 aromatic rings. The van der Waals surface area contributed by atoms with Gasteiger partial charge in [-0.1, -0.05) is 0 Å². The van der Waals surface area contributed by atoms with Crippen LogP contribution in [0.15, 0.2) is 18.3 Å². The first-order valence-electron chi connectivity index (χ1n) is 6.53. The number of Topliss-reactive ketones (excluding diaryl/α,β-unsaturated/α-hetero) is 1. The average Bonchev–Trinajstić information content (AvgIpc) is 2.36. The standard InChI is InChI=1S/C14H20N2O5/c1-5-20-12(18)11(17)10-9(7-6-8-15-10)16-13(19)21-14(2,3)4/h6-8,13,16,19H,5H2,1-4H3. The Morgan fingerprint density at radius 2 is 2.10 bits per heavy atom. The van der Waals surface area contributed by atoms with Crippen molar-refractivity contribution in [2.24, 2.45) is 0 Å². The molecule has 1 heterocycles. The third-order valence-electron chi connectivity index (χ3n) is 2.23. The molecule has 0 aliphatic heterocycles. The third-order valence-corrected chi connectivity index (χ3v) is 2.23. The second-order valence-electron chi connectivity index (χ2n) is 5.18. The number of ketones is 1. The number of esters is 1. The minimum atomic E-state index is -1.34. The monoisotopic (exact) mass is 296 g/mol. The van der Waals surface area contributed by atoms with Gasteiger partial charge in [-0.15, -0.1) is 0 Å². The second kappa shape index (κ2) is 7.14. The molecule has 0 aromatic carbocycles. The van der Waals surface area contributed by atoms with Crippen LogP contribution < -0.4 is 5.32 Å². The van der Waals surface area contributed by atoms with E-state index < -0.39 is 23.8 Å². The highest BCUT2D eigenvalue weighted by Crippen LogP contribution is 2.17. The van der Waals surface area contributed by atoms with Gasteiger partial charge in [0.05, 0.1) is 17.9 Å². The molecule has 7 nitrogen and oxygen atoms in total. The van der Waals surface area contributed by atoms with Crippen molar-refractivity contribution in [3.8, 4) is 0 Å². The number of anilines is 1. The van der Waals surface area contributed by atoms with Crippen molar-refractivity contribution in [1.82, 2.24) is 4.98 Å².